The highest BCUT2D eigenvalue weighted by Gasteiger charge is 2.15. The molecule has 4 heteroatoms. The van der Waals surface area contributed by atoms with Crippen LogP contribution in [0.3, 0.4) is 0 Å². The lowest BCUT2D eigenvalue weighted by atomic mass is 10.2. The van der Waals surface area contributed by atoms with Gasteiger partial charge in [0.1, 0.15) is 6.10 Å². The number of aliphatic hydroxyl groups is 3. The lowest BCUT2D eigenvalue weighted by molar-refractivity contribution is -0.0811. The first-order valence-corrected chi connectivity index (χ1v) is 4.17. The molecule has 0 saturated heterocycles. The normalized spacial score (nSPS) is 18.8. The van der Waals surface area contributed by atoms with E-state index in [9.17, 15) is 0 Å². The Morgan fingerprint density at radius 3 is 2.25 bits per heavy atom. The molecular formula is C8H18O4. The number of aliphatic hydroxyl groups excluding tert-OH is 3. The van der Waals surface area contributed by atoms with Gasteiger partial charge in [-0.15, -0.1) is 0 Å². The van der Waals surface area contributed by atoms with E-state index in [1.165, 1.54) is 0 Å². The Morgan fingerprint density at radius 1 is 1.25 bits per heavy atom. The summed E-state index contributed by atoms with van der Waals surface area (Å²) in [5, 5.41) is 26.2. The minimum absolute atomic E-state index is 0.0725. The van der Waals surface area contributed by atoms with Gasteiger partial charge in [0.15, 0.2) is 0 Å². The van der Waals surface area contributed by atoms with Gasteiger partial charge < -0.3 is 20.1 Å². The minimum Gasteiger partial charge on any atom is -0.396 e. The van der Waals surface area contributed by atoms with Gasteiger partial charge in [-0.3, -0.25) is 0 Å². The number of ether oxygens (including phenoxy) is 1. The number of hydrogen-bond donors (Lipinski definition) is 3. The fraction of sp³-hybridized carbons (Fsp3) is 1.00. The second-order valence-corrected chi connectivity index (χ2v) is 2.91. The molecule has 0 aliphatic carbocycles. The van der Waals surface area contributed by atoms with E-state index in [0.29, 0.717) is 6.42 Å². The molecule has 0 amide bonds. The van der Waals surface area contributed by atoms with Crippen LogP contribution in [0.5, 0.6) is 0 Å². The van der Waals surface area contributed by atoms with Crippen LogP contribution in [-0.2, 0) is 4.74 Å². The molecule has 0 aliphatic rings. The average Bonchev–Trinajstić information content (AvgIpc) is 2.03. The molecule has 0 spiro atoms. The molecule has 12 heavy (non-hydrogen) atoms. The van der Waals surface area contributed by atoms with Crippen LogP contribution in [0.4, 0.5) is 0 Å². The van der Waals surface area contributed by atoms with Crippen LogP contribution in [0.15, 0.2) is 0 Å². The van der Waals surface area contributed by atoms with Gasteiger partial charge in [-0.1, -0.05) is 0 Å². The molecule has 3 N–H and O–H groups in total. The molecule has 0 fully saturated rings. The molecule has 3 atom stereocenters. The third-order valence-electron chi connectivity index (χ3n) is 1.71. The van der Waals surface area contributed by atoms with Crippen molar-refractivity contribution in [3.63, 3.8) is 0 Å². The number of rotatable bonds is 6. The molecular weight excluding hydrogens is 160 g/mol. The smallest absolute Gasteiger partial charge is 0.103 e. The fourth-order valence-electron chi connectivity index (χ4n) is 0.855. The zero-order chi connectivity index (χ0) is 9.56. The third-order valence-corrected chi connectivity index (χ3v) is 1.71. The van der Waals surface area contributed by atoms with Crippen LogP contribution in [0.1, 0.15) is 20.3 Å². The van der Waals surface area contributed by atoms with E-state index in [2.05, 4.69) is 0 Å². The van der Waals surface area contributed by atoms with Crippen molar-refractivity contribution in [2.24, 2.45) is 0 Å². The average molecular weight is 178 g/mol. The molecule has 0 rings (SSSR count). The van der Waals surface area contributed by atoms with Gasteiger partial charge in [0.25, 0.3) is 0 Å². The van der Waals surface area contributed by atoms with Crippen LogP contribution < -0.4 is 0 Å². The van der Waals surface area contributed by atoms with Crippen LogP contribution in [0, 0.1) is 0 Å². The van der Waals surface area contributed by atoms with Crippen molar-refractivity contribution >= 4 is 0 Å². The lowest BCUT2D eigenvalue weighted by Crippen LogP contribution is -2.32. The summed E-state index contributed by atoms with van der Waals surface area (Å²) in [6.07, 6.45) is -0.781. The highest BCUT2D eigenvalue weighted by molar-refractivity contribution is 4.64. The molecule has 0 aliphatic heterocycles. The molecule has 2 unspecified atom stereocenters. The fourth-order valence-corrected chi connectivity index (χ4v) is 0.855. The summed E-state index contributed by atoms with van der Waals surface area (Å²) in [7, 11) is 0. The first-order chi connectivity index (χ1) is 5.61. The molecule has 0 aromatic heterocycles. The summed E-state index contributed by atoms with van der Waals surface area (Å²) in [5.41, 5.74) is 0. The molecule has 0 aromatic carbocycles. The molecule has 0 heterocycles. The summed E-state index contributed by atoms with van der Waals surface area (Å²) < 4.78 is 5.27. The van der Waals surface area contributed by atoms with Crippen molar-refractivity contribution in [1.82, 2.24) is 0 Å². The quantitative estimate of drug-likeness (QED) is 0.513. The maximum atomic E-state index is 9.11. The molecule has 0 radical (unpaired) electrons. The van der Waals surface area contributed by atoms with Crippen LogP contribution in [0.2, 0.25) is 0 Å². The van der Waals surface area contributed by atoms with Crippen LogP contribution in [0.25, 0.3) is 0 Å². The van der Waals surface area contributed by atoms with Gasteiger partial charge in [0.05, 0.1) is 18.8 Å². The Morgan fingerprint density at radius 2 is 1.83 bits per heavy atom. The molecule has 4 nitrogen and oxygen atoms in total. The maximum Gasteiger partial charge on any atom is 0.103 e. The molecule has 0 aromatic rings. The predicted octanol–water partition coefficient (Wildman–Crippen LogP) is -0.484. The van der Waals surface area contributed by atoms with Crippen molar-refractivity contribution in [1.29, 1.82) is 0 Å². The Labute approximate surface area is 72.8 Å². The highest BCUT2D eigenvalue weighted by atomic mass is 16.5. The standard InChI is InChI=1S/C8H18O4/c1-6(3-4-9)12-7(2)8(11)5-10/h6-11H,3-5H2,1-2H3/t6-,7?,8?/m0/s1. The number of hydrogen-bond acceptors (Lipinski definition) is 4. The predicted molar refractivity (Wildman–Crippen MR) is 44.8 cm³/mol. The Bertz CT molecular complexity index is 107. The Balaban J connectivity index is 3.59. The van der Waals surface area contributed by atoms with Crippen LogP contribution >= 0.6 is 0 Å². The largest absolute Gasteiger partial charge is 0.396 e. The van der Waals surface area contributed by atoms with E-state index in [4.69, 9.17) is 20.1 Å². The summed E-state index contributed by atoms with van der Waals surface area (Å²) in [4.78, 5) is 0. The van der Waals surface area contributed by atoms with Gasteiger partial charge in [-0.05, 0) is 20.3 Å². The van der Waals surface area contributed by atoms with E-state index in [-0.39, 0.29) is 19.3 Å². The SMILES string of the molecule is CC(O[C@@H](C)CCO)C(O)CO. The van der Waals surface area contributed by atoms with E-state index >= 15 is 0 Å². The van der Waals surface area contributed by atoms with Crippen molar-refractivity contribution < 1.29 is 20.1 Å². The van der Waals surface area contributed by atoms with Gasteiger partial charge >= 0.3 is 0 Å². The van der Waals surface area contributed by atoms with Gasteiger partial charge in [-0.2, -0.15) is 0 Å². The summed E-state index contributed by atoms with van der Waals surface area (Å²) >= 11 is 0. The first kappa shape index (κ1) is 11.8. The van der Waals surface area contributed by atoms with Gasteiger partial charge in [-0.25, -0.2) is 0 Å². The second-order valence-electron chi connectivity index (χ2n) is 2.91. The monoisotopic (exact) mass is 178 g/mol. The lowest BCUT2D eigenvalue weighted by Gasteiger charge is -2.21. The first-order valence-electron chi connectivity index (χ1n) is 4.17. The molecule has 0 bridgehead atoms. The maximum absolute atomic E-state index is 9.11. The van der Waals surface area contributed by atoms with Crippen LogP contribution in [-0.4, -0.2) is 46.8 Å². The highest BCUT2D eigenvalue weighted by Crippen LogP contribution is 2.05. The van der Waals surface area contributed by atoms with E-state index in [1.807, 2.05) is 6.92 Å². The minimum atomic E-state index is -0.842. The summed E-state index contributed by atoms with van der Waals surface area (Å²) in [6, 6.07) is 0. The van der Waals surface area contributed by atoms with E-state index < -0.39 is 12.2 Å². The Hall–Kier alpha value is -0.160. The van der Waals surface area contributed by atoms with Crippen molar-refractivity contribution in [2.45, 2.75) is 38.6 Å². The van der Waals surface area contributed by atoms with Crippen molar-refractivity contribution in [3.8, 4) is 0 Å². The van der Waals surface area contributed by atoms with E-state index in [0.717, 1.165) is 0 Å². The third kappa shape index (κ3) is 4.66. The van der Waals surface area contributed by atoms with Crippen molar-refractivity contribution in [2.75, 3.05) is 13.2 Å². The topological polar surface area (TPSA) is 69.9 Å². The van der Waals surface area contributed by atoms with Gasteiger partial charge in [0.2, 0.25) is 0 Å². The molecule has 0 saturated carbocycles. The summed E-state index contributed by atoms with van der Waals surface area (Å²) in [5.74, 6) is 0. The molecule has 74 valence electrons. The van der Waals surface area contributed by atoms with Gasteiger partial charge in [0, 0.05) is 6.61 Å². The summed E-state index contributed by atoms with van der Waals surface area (Å²) in [6.45, 7) is 3.28. The van der Waals surface area contributed by atoms with E-state index in [1.54, 1.807) is 6.92 Å². The Kier molecular flexibility index (Phi) is 6.28. The van der Waals surface area contributed by atoms with Crippen molar-refractivity contribution in [3.05, 3.63) is 0 Å². The zero-order valence-corrected chi connectivity index (χ0v) is 7.60. The zero-order valence-electron chi connectivity index (χ0n) is 7.60. The second kappa shape index (κ2) is 6.37.